The molecule has 1 aromatic rings. The second-order valence-corrected chi connectivity index (χ2v) is 4.51. The van der Waals surface area contributed by atoms with E-state index in [-0.39, 0.29) is 30.9 Å². The molecule has 0 amide bonds. The predicted molar refractivity (Wildman–Crippen MR) is 68.6 cm³/mol. The second-order valence-electron chi connectivity index (χ2n) is 4.51. The Morgan fingerprint density at radius 3 is 2.32 bits per heavy atom. The molecule has 0 spiro atoms. The van der Waals surface area contributed by atoms with Crippen LogP contribution in [0.1, 0.15) is 43.0 Å². The average Bonchev–Trinajstić information content (AvgIpc) is 2.68. The summed E-state index contributed by atoms with van der Waals surface area (Å²) in [7, 11) is 0. The Morgan fingerprint density at radius 1 is 1.21 bits per heavy atom. The van der Waals surface area contributed by atoms with Crippen LogP contribution in [0, 0.1) is 0 Å². The van der Waals surface area contributed by atoms with Crippen LogP contribution in [0.15, 0.2) is 24.3 Å². The van der Waals surface area contributed by atoms with E-state index in [2.05, 4.69) is 5.32 Å². The highest BCUT2D eigenvalue weighted by molar-refractivity contribution is 5.71. The van der Waals surface area contributed by atoms with Gasteiger partial charge in [-0.1, -0.05) is 24.3 Å². The molecule has 1 aliphatic rings. The van der Waals surface area contributed by atoms with E-state index in [0.29, 0.717) is 6.61 Å². The molecule has 0 saturated carbocycles. The van der Waals surface area contributed by atoms with Gasteiger partial charge in [0, 0.05) is 12.1 Å². The van der Waals surface area contributed by atoms with Crippen molar-refractivity contribution in [2.45, 2.75) is 31.8 Å². The Bertz CT molecular complexity index is 486. The molecule has 19 heavy (non-hydrogen) atoms. The maximum atomic E-state index is 11.6. The quantitative estimate of drug-likeness (QED) is 0.792. The third-order valence-corrected chi connectivity index (χ3v) is 3.20. The maximum Gasteiger partial charge on any atom is 0.307 e. The summed E-state index contributed by atoms with van der Waals surface area (Å²) in [6, 6.07) is 7.19. The average molecular weight is 263 g/mol. The Kier molecular flexibility index (Phi) is 4.16. The van der Waals surface area contributed by atoms with E-state index in [1.165, 1.54) is 0 Å². The van der Waals surface area contributed by atoms with Gasteiger partial charge >= 0.3 is 11.9 Å². The fourth-order valence-corrected chi connectivity index (χ4v) is 2.47. The number of carboxylic acid groups (broad SMARTS) is 1. The molecule has 0 radical (unpaired) electrons. The maximum absolute atomic E-state index is 11.6. The molecular formula is C14H17NO4. The van der Waals surface area contributed by atoms with Crippen molar-refractivity contribution >= 4 is 11.9 Å². The minimum atomic E-state index is -0.857. The summed E-state index contributed by atoms with van der Waals surface area (Å²) < 4.78 is 4.94. The van der Waals surface area contributed by atoms with Crippen molar-refractivity contribution < 1.29 is 19.4 Å². The van der Waals surface area contributed by atoms with Gasteiger partial charge < -0.3 is 15.2 Å². The molecule has 0 bridgehead atoms. The molecular weight excluding hydrogens is 246 g/mol. The van der Waals surface area contributed by atoms with E-state index in [1.807, 2.05) is 24.3 Å². The molecule has 2 N–H and O–H groups in total. The zero-order valence-corrected chi connectivity index (χ0v) is 10.8. The number of carbonyl (C=O) groups is 2. The first-order valence-electron chi connectivity index (χ1n) is 6.34. The van der Waals surface area contributed by atoms with Gasteiger partial charge in [0.25, 0.3) is 0 Å². The Balaban J connectivity index is 2.15. The van der Waals surface area contributed by atoms with Crippen molar-refractivity contribution in [3.05, 3.63) is 35.4 Å². The monoisotopic (exact) mass is 263 g/mol. The number of benzene rings is 1. The van der Waals surface area contributed by atoms with Crippen LogP contribution in [-0.2, 0) is 14.3 Å². The highest BCUT2D eigenvalue weighted by Crippen LogP contribution is 2.36. The number of rotatable bonds is 5. The lowest BCUT2D eigenvalue weighted by Crippen LogP contribution is -2.23. The summed E-state index contributed by atoms with van der Waals surface area (Å²) in [4.78, 5) is 22.4. The normalized spacial score (nSPS) is 20.9. The number of esters is 1. The van der Waals surface area contributed by atoms with E-state index < -0.39 is 5.97 Å². The first-order chi connectivity index (χ1) is 9.11. The molecule has 102 valence electrons. The van der Waals surface area contributed by atoms with Gasteiger partial charge in [-0.15, -0.1) is 0 Å². The summed E-state index contributed by atoms with van der Waals surface area (Å²) in [5, 5.41) is 12.1. The zero-order chi connectivity index (χ0) is 13.8. The Morgan fingerprint density at radius 2 is 1.79 bits per heavy atom. The van der Waals surface area contributed by atoms with Gasteiger partial charge in [0.15, 0.2) is 0 Å². The number of nitrogens with one attached hydrogen (secondary N) is 1. The molecule has 1 heterocycles. The summed E-state index contributed by atoms with van der Waals surface area (Å²) >= 11 is 0. The van der Waals surface area contributed by atoms with Crippen LogP contribution >= 0.6 is 0 Å². The van der Waals surface area contributed by atoms with Crippen LogP contribution in [0.4, 0.5) is 0 Å². The van der Waals surface area contributed by atoms with Crippen LogP contribution in [0.5, 0.6) is 0 Å². The molecule has 0 unspecified atom stereocenters. The number of ether oxygens (including phenoxy) is 1. The molecule has 1 aliphatic heterocycles. The van der Waals surface area contributed by atoms with E-state index in [9.17, 15) is 9.59 Å². The van der Waals surface area contributed by atoms with E-state index >= 15 is 0 Å². The number of carbonyl (C=O) groups excluding carboxylic acids is 1. The van der Waals surface area contributed by atoms with E-state index in [1.54, 1.807) is 6.92 Å². The predicted octanol–water partition coefficient (Wildman–Crippen LogP) is 1.80. The first-order valence-corrected chi connectivity index (χ1v) is 6.34. The number of hydrogen-bond acceptors (Lipinski definition) is 4. The SMILES string of the molecule is CCOC(=O)C[C@@H]1N[C@H](CC(=O)O)c2ccccc21. The van der Waals surface area contributed by atoms with Crippen LogP contribution in [0.2, 0.25) is 0 Å². The second kappa shape index (κ2) is 5.84. The molecule has 5 heteroatoms. The Hall–Kier alpha value is -1.88. The lowest BCUT2D eigenvalue weighted by molar-refractivity contribution is -0.143. The third-order valence-electron chi connectivity index (χ3n) is 3.20. The minimum Gasteiger partial charge on any atom is -0.481 e. The summed E-state index contributed by atoms with van der Waals surface area (Å²) in [5.41, 5.74) is 1.95. The van der Waals surface area contributed by atoms with Gasteiger partial charge in [0.05, 0.1) is 19.4 Å². The van der Waals surface area contributed by atoms with Crippen LogP contribution < -0.4 is 5.32 Å². The number of fused-ring (bicyclic) bond motifs is 1. The van der Waals surface area contributed by atoms with Crippen LogP contribution in [0.25, 0.3) is 0 Å². The van der Waals surface area contributed by atoms with Crippen molar-refractivity contribution in [3.63, 3.8) is 0 Å². The van der Waals surface area contributed by atoms with Gasteiger partial charge in [-0.25, -0.2) is 0 Å². The molecule has 0 aromatic heterocycles. The zero-order valence-electron chi connectivity index (χ0n) is 10.8. The van der Waals surface area contributed by atoms with Crippen molar-refractivity contribution in [2.75, 3.05) is 6.61 Å². The van der Waals surface area contributed by atoms with Crippen LogP contribution in [-0.4, -0.2) is 23.7 Å². The van der Waals surface area contributed by atoms with E-state index in [4.69, 9.17) is 9.84 Å². The number of hydrogen-bond donors (Lipinski definition) is 2. The fraction of sp³-hybridized carbons (Fsp3) is 0.429. The standard InChI is InChI=1S/C14H17NO4/c1-2-19-14(18)8-12-10-6-4-3-5-9(10)11(15-12)7-13(16)17/h3-6,11-12,15H,2,7-8H2,1H3,(H,16,17)/t11-,12+/m1/s1. The molecule has 2 rings (SSSR count). The van der Waals surface area contributed by atoms with Crippen molar-refractivity contribution in [1.29, 1.82) is 0 Å². The topological polar surface area (TPSA) is 75.6 Å². The van der Waals surface area contributed by atoms with Gasteiger partial charge in [-0.2, -0.15) is 0 Å². The minimum absolute atomic E-state index is 0.0103. The molecule has 0 fully saturated rings. The van der Waals surface area contributed by atoms with Crippen molar-refractivity contribution in [3.8, 4) is 0 Å². The largest absolute Gasteiger partial charge is 0.481 e. The summed E-state index contributed by atoms with van der Waals surface area (Å²) in [5.74, 6) is -1.13. The lowest BCUT2D eigenvalue weighted by Gasteiger charge is -2.13. The van der Waals surface area contributed by atoms with Gasteiger partial charge in [0.1, 0.15) is 0 Å². The number of aliphatic carboxylic acids is 1. The molecule has 0 saturated heterocycles. The highest BCUT2D eigenvalue weighted by Gasteiger charge is 2.32. The summed E-state index contributed by atoms with van der Waals surface area (Å²) in [6.07, 6.45) is 0.233. The molecule has 1 aromatic carbocycles. The fourth-order valence-electron chi connectivity index (χ4n) is 2.47. The van der Waals surface area contributed by atoms with E-state index in [0.717, 1.165) is 11.1 Å². The van der Waals surface area contributed by atoms with Crippen molar-refractivity contribution in [2.24, 2.45) is 0 Å². The molecule has 0 aliphatic carbocycles. The highest BCUT2D eigenvalue weighted by atomic mass is 16.5. The van der Waals surface area contributed by atoms with Crippen LogP contribution in [0.3, 0.4) is 0 Å². The smallest absolute Gasteiger partial charge is 0.307 e. The molecule has 2 atom stereocenters. The molecule has 5 nitrogen and oxygen atoms in total. The third kappa shape index (κ3) is 3.12. The lowest BCUT2D eigenvalue weighted by atomic mass is 9.99. The van der Waals surface area contributed by atoms with Gasteiger partial charge in [-0.3, -0.25) is 9.59 Å². The van der Waals surface area contributed by atoms with Gasteiger partial charge in [0.2, 0.25) is 0 Å². The summed E-state index contributed by atoms with van der Waals surface area (Å²) in [6.45, 7) is 2.12. The number of carboxylic acids is 1. The van der Waals surface area contributed by atoms with Crippen molar-refractivity contribution in [1.82, 2.24) is 5.32 Å². The van der Waals surface area contributed by atoms with Gasteiger partial charge in [-0.05, 0) is 18.1 Å². The first kappa shape index (κ1) is 13.5. The Labute approximate surface area is 111 Å².